The lowest BCUT2D eigenvalue weighted by Gasteiger charge is -2.07. The normalized spacial score (nSPS) is 17.5. The summed E-state index contributed by atoms with van der Waals surface area (Å²) >= 11 is 0. The van der Waals surface area contributed by atoms with E-state index in [1.807, 2.05) is 0 Å². The molecule has 13 heavy (non-hydrogen) atoms. The average molecular weight is 190 g/mol. The first-order chi connectivity index (χ1) is 6.24. The maximum absolute atomic E-state index is 7.62. The predicted molar refractivity (Wildman–Crippen MR) is 52.6 cm³/mol. The van der Waals surface area contributed by atoms with Gasteiger partial charge in [-0.2, -0.15) is 0 Å². The van der Waals surface area contributed by atoms with Crippen LogP contribution in [0.2, 0.25) is 0 Å². The van der Waals surface area contributed by atoms with E-state index in [9.17, 15) is 0 Å². The van der Waals surface area contributed by atoms with Gasteiger partial charge < -0.3 is 14.9 Å². The molecule has 3 heteroatoms. The van der Waals surface area contributed by atoms with Crippen molar-refractivity contribution in [3.05, 3.63) is 0 Å². The molecule has 1 rings (SSSR count). The van der Waals surface area contributed by atoms with Crippen molar-refractivity contribution in [3.8, 4) is 0 Å². The van der Waals surface area contributed by atoms with Gasteiger partial charge in [0.25, 0.3) is 0 Å². The van der Waals surface area contributed by atoms with Crippen molar-refractivity contribution in [1.29, 1.82) is 0 Å². The van der Waals surface area contributed by atoms with Gasteiger partial charge in [-0.15, -0.1) is 0 Å². The monoisotopic (exact) mass is 190 g/mol. The summed E-state index contributed by atoms with van der Waals surface area (Å²) in [6, 6.07) is 0. The fourth-order valence-corrected chi connectivity index (χ4v) is 0.653. The van der Waals surface area contributed by atoms with Gasteiger partial charge in [0.05, 0.1) is 19.3 Å². The van der Waals surface area contributed by atoms with Gasteiger partial charge in [0.1, 0.15) is 0 Å². The summed E-state index contributed by atoms with van der Waals surface area (Å²) in [5.41, 5.74) is 0. The predicted octanol–water partition coefficient (Wildman–Crippen LogP) is 1.18. The van der Waals surface area contributed by atoms with E-state index in [4.69, 9.17) is 14.9 Å². The van der Waals surface area contributed by atoms with Crippen molar-refractivity contribution in [1.82, 2.24) is 0 Å². The molecule has 0 aromatic rings. The third kappa shape index (κ3) is 9.80. The van der Waals surface area contributed by atoms with Crippen molar-refractivity contribution < 1.29 is 14.9 Å². The molecule has 0 aromatic carbocycles. The number of hydrogen-bond acceptors (Lipinski definition) is 3. The molecule has 0 bridgehead atoms. The first-order valence-electron chi connectivity index (χ1n) is 5.07. The second-order valence-electron chi connectivity index (χ2n) is 3.49. The van der Waals surface area contributed by atoms with E-state index in [1.54, 1.807) is 0 Å². The van der Waals surface area contributed by atoms with E-state index in [0.29, 0.717) is 6.10 Å². The summed E-state index contributed by atoms with van der Waals surface area (Å²) in [6.45, 7) is 5.17. The van der Waals surface area contributed by atoms with Crippen LogP contribution in [0.3, 0.4) is 0 Å². The van der Waals surface area contributed by atoms with E-state index < -0.39 is 0 Å². The second-order valence-corrected chi connectivity index (χ2v) is 3.49. The molecule has 0 aliphatic heterocycles. The maximum atomic E-state index is 7.62. The molecule has 1 saturated carbocycles. The average Bonchev–Trinajstić information content (AvgIpc) is 2.98. The molecule has 1 fully saturated rings. The highest BCUT2D eigenvalue weighted by Crippen LogP contribution is 2.24. The minimum Gasteiger partial charge on any atom is -0.394 e. The van der Waals surface area contributed by atoms with E-state index >= 15 is 0 Å². The molecule has 1 unspecified atom stereocenters. The van der Waals surface area contributed by atoms with Crippen LogP contribution in [0, 0.1) is 5.92 Å². The summed E-state index contributed by atoms with van der Waals surface area (Å²) in [5.74, 6) is 0.755. The zero-order chi connectivity index (χ0) is 10.1. The zero-order valence-electron chi connectivity index (χ0n) is 8.70. The van der Waals surface area contributed by atoms with Crippen LogP contribution in [-0.2, 0) is 4.74 Å². The van der Waals surface area contributed by atoms with Crippen LogP contribution in [0.15, 0.2) is 0 Å². The quantitative estimate of drug-likeness (QED) is 0.684. The number of aliphatic hydroxyl groups is 2. The molecule has 0 heterocycles. The first-order valence-corrected chi connectivity index (χ1v) is 5.07. The lowest BCUT2D eigenvalue weighted by atomic mass is 10.1. The Balaban J connectivity index is 0.000000310. The maximum Gasteiger partial charge on any atom is 0.0662 e. The molecule has 0 radical (unpaired) electrons. The lowest BCUT2D eigenvalue weighted by molar-refractivity contribution is 0.0901. The summed E-state index contributed by atoms with van der Waals surface area (Å²) in [6.07, 6.45) is 4.48. The van der Waals surface area contributed by atoms with Gasteiger partial charge in [0.15, 0.2) is 0 Å². The molecule has 80 valence electrons. The number of aliphatic hydroxyl groups excluding tert-OH is 2. The van der Waals surface area contributed by atoms with Crippen LogP contribution in [0.1, 0.15) is 33.1 Å². The molecule has 1 atom stereocenters. The number of hydrogen-bond donors (Lipinski definition) is 2. The topological polar surface area (TPSA) is 49.7 Å². The highest BCUT2D eigenvalue weighted by molar-refractivity contribution is 4.73. The van der Waals surface area contributed by atoms with E-state index in [1.165, 1.54) is 19.3 Å². The van der Waals surface area contributed by atoms with Crippen molar-refractivity contribution >= 4 is 0 Å². The van der Waals surface area contributed by atoms with Gasteiger partial charge in [-0.3, -0.25) is 0 Å². The highest BCUT2D eigenvalue weighted by atomic mass is 16.5. The second kappa shape index (κ2) is 8.48. The molecule has 3 nitrogen and oxygen atoms in total. The van der Waals surface area contributed by atoms with Crippen LogP contribution >= 0.6 is 0 Å². The molecule has 1 aliphatic rings. The largest absolute Gasteiger partial charge is 0.394 e. The van der Waals surface area contributed by atoms with E-state index in [-0.39, 0.29) is 13.2 Å². The van der Waals surface area contributed by atoms with Crippen LogP contribution in [-0.4, -0.2) is 36.1 Å². The Morgan fingerprint density at radius 1 is 1.31 bits per heavy atom. The third-order valence-electron chi connectivity index (χ3n) is 1.94. The SMILES string of the molecule is CCC(C)COC1CC1.OCCO. The smallest absolute Gasteiger partial charge is 0.0662 e. The number of ether oxygens (including phenoxy) is 1. The van der Waals surface area contributed by atoms with Crippen LogP contribution in [0.4, 0.5) is 0 Å². The van der Waals surface area contributed by atoms with Crippen LogP contribution in [0.25, 0.3) is 0 Å². The van der Waals surface area contributed by atoms with Crippen LogP contribution in [0.5, 0.6) is 0 Å². The molecule has 0 saturated heterocycles. The van der Waals surface area contributed by atoms with E-state index in [0.717, 1.165) is 12.5 Å². The van der Waals surface area contributed by atoms with E-state index in [2.05, 4.69) is 13.8 Å². The van der Waals surface area contributed by atoms with Crippen molar-refractivity contribution in [3.63, 3.8) is 0 Å². The molecular weight excluding hydrogens is 168 g/mol. The Morgan fingerprint density at radius 3 is 2.15 bits per heavy atom. The Morgan fingerprint density at radius 2 is 1.85 bits per heavy atom. The fourth-order valence-electron chi connectivity index (χ4n) is 0.653. The fraction of sp³-hybridized carbons (Fsp3) is 1.00. The summed E-state index contributed by atoms with van der Waals surface area (Å²) in [4.78, 5) is 0. The molecule has 0 spiro atoms. The first kappa shape index (κ1) is 12.9. The Hall–Kier alpha value is -0.120. The van der Waals surface area contributed by atoms with Gasteiger partial charge in [0, 0.05) is 6.61 Å². The Kier molecular flexibility index (Phi) is 8.40. The van der Waals surface area contributed by atoms with Crippen molar-refractivity contribution in [2.45, 2.75) is 39.2 Å². The Labute approximate surface area is 80.7 Å². The molecule has 0 aromatic heterocycles. The number of rotatable bonds is 5. The third-order valence-corrected chi connectivity index (χ3v) is 1.94. The molecule has 1 aliphatic carbocycles. The highest BCUT2D eigenvalue weighted by Gasteiger charge is 2.22. The van der Waals surface area contributed by atoms with Gasteiger partial charge in [0.2, 0.25) is 0 Å². The van der Waals surface area contributed by atoms with Crippen molar-refractivity contribution in [2.24, 2.45) is 5.92 Å². The van der Waals surface area contributed by atoms with Gasteiger partial charge in [-0.05, 0) is 18.8 Å². The zero-order valence-corrected chi connectivity index (χ0v) is 8.70. The van der Waals surface area contributed by atoms with Gasteiger partial charge >= 0.3 is 0 Å². The van der Waals surface area contributed by atoms with Gasteiger partial charge in [-0.25, -0.2) is 0 Å². The standard InChI is InChI=1S/C8H16O.C2H6O2/c1-3-7(2)6-9-8-4-5-8;3-1-2-4/h7-8H,3-6H2,1-2H3;3-4H,1-2H2. The summed E-state index contributed by atoms with van der Waals surface area (Å²) < 4.78 is 5.51. The molecule has 2 N–H and O–H groups in total. The summed E-state index contributed by atoms with van der Waals surface area (Å²) in [7, 11) is 0. The van der Waals surface area contributed by atoms with Gasteiger partial charge in [-0.1, -0.05) is 20.3 Å². The Bertz CT molecular complexity index is 100. The van der Waals surface area contributed by atoms with Crippen molar-refractivity contribution in [2.75, 3.05) is 19.8 Å². The lowest BCUT2D eigenvalue weighted by Crippen LogP contribution is -2.05. The van der Waals surface area contributed by atoms with Crippen LogP contribution < -0.4 is 0 Å². The molecular formula is C10H22O3. The molecule has 0 amide bonds. The minimum atomic E-state index is -0.125. The summed E-state index contributed by atoms with van der Waals surface area (Å²) in [5, 5.41) is 15.2. The minimum absolute atomic E-state index is 0.125.